The Labute approximate surface area is 158 Å². The van der Waals surface area contributed by atoms with Gasteiger partial charge in [0.05, 0.1) is 18.7 Å². The average molecular weight is 371 g/mol. The Morgan fingerprint density at radius 1 is 1.19 bits per heavy atom. The van der Waals surface area contributed by atoms with Crippen LogP contribution in [0, 0.1) is 5.41 Å². The van der Waals surface area contributed by atoms with E-state index < -0.39 is 0 Å². The number of nitrogens with one attached hydrogen (secondary N) is 1. The molecule has 1 aliphatic carbocycles. The first-order chi connectivity index (χ1) is 13.1. The molecule has 1 amide bonds. The molecule has 0 spiro atoms. The van der Waals surface area contributed by atoms with E-state index in [2.05, 4.69) is 20.8 Å². The number of aromatic nitrogens is 4. The zero-order valence-electron chi connectivity index (χ0n) is 15.6. The highest BCUT2D eigenvalue weighted by molar-refractivity contribution is 5.93. The van der Waals surface area contributed by atoms with E-state index >= 15 is 0 Å². The van der Waals surface area contributed by atoms with E-state index in [1.165, 1.54) is 6.42 Å². The largest absolute Gasteiger partial charge is 0.462 e. The zero-order chi connectivity index (χ0) is 19.1. The molecule has 0 bridgehead atoms. The van der Waals surface area contributed by atoms with Crippen molar-refractivity contribution in [2.75, 3.05) is 11.9 Å². The number of ether oxygens (including phenoxy) is 1. The van der Waals surface area contributed by atoms with E-state index in [4.69, 9.17) is 4.74 Å². The van der Waals surface area contributed by atoms with Gasteiger partial charge < -0.3 is 10.1 Å². The van der Waals surface area contributed by atoms with E-state index in [1.54, 1.807) is 42.2 Å². The normalized spacial score (nSPS) is 15.9. The van der Waals surface area contributed by atoms with Crippen LogP contribution in [0.5, 0.6) is 0 Å². The summed E-state index contributed by atoms with van der Waals surface area (Å²) in [7, 11) is 0. The number of hydrogen-bond acceptors (Lipinski definition) is 6. The van der Waals surface area contributed by atoms with Crippen LogP contribution in [0.2, 0.25) is 0 Å². The summed E-state index contributed by atoms with van der Waals surface area (Å²) in [4.78, 5) is 24.4. The standard InChI is InChI=1S/C19H25N5O3/c1-2-27-18(26)15-6-8-16(9-7-15)21-17(25)12-19(10-4-3-5-11-19)13-24-14-20-22-23-24/h6-9,14H,2-5,10-13H2,1H3,(H,21,25). The van der Waals surface area contributed by atoms with Crippen LogP contribution < -0.4 is 5.32 Å². The first-order valence-electron chi connectivity index (χ1n) is 9.38. The van der Waals surface area contributed by atoms with Crippen molar-refractivity contribution < 1.29 is 14.3 Å². The Balaban J connectivity index is 1.63. The van der Waals surface area contributed by atoms with E-state index in [0.29, 0.717) is 30.8 Å². The van der Waals surface area contributed by atoms with Crippen molar-refractivity contribution in [1.29, 1.82) is 0 Å². The van der Waals surface area contributed by atoms with Crippen molar-refractivity contribution in [3.05, 3.63) is 36.2 Å². The summed E-state index contributed by atoms with van der Waals surface area (Å²) in [6.07, 6.45) is 7.43. The fourth-order valence-corrected chi connectivity index (χ4v) is 3.74. The lowest BCUT2D eigenvalue weighted by Gasteiger charge is -2.36. The van der Waals surface area contributed by atoms with Crippen molar-refractivity contribution in [1.82, 2.24) is 20.2 Å². The minimum Gasteiger partial charge on any atom is -0.462 e. The minimum atomic E-state index is -0.363. The van der Waals surface area contributed by atoms with Crippen LogP contribution in [0.15, 0.2) is 30.6 Å². The van der Waals surface area contributed by atoms with Gasteiger partial charge in [0.1, 0.15) is 6.33 Å². The van der Waals surface area contributed by atoms with E-state index in [0.717, 1.165) is 25.7 Å². The van der Waals surface area contributed by atoms with Gasteiger partial charge in [0, 0.05) is 12.1 Å². The third kappa shape index (κ3) is 5.12. The molecule has 8 heteroatoms. The number of rotatable bonds is 7. The first-order valence-corrected chi connectivity index (χ1v) is 9.38. The number of anilines is 1. The second-order valence-electron chi connectivity index (χ2n) is 7.09. The molecular weight excluding hydrogens is 346 g/mol. The van der Waals surface area contributed by atoms with Crippen LogP contribution in [-0.2, 0) is 16.1 Å². The Morgan fingerprint density at radius 3 is 2.56 bits per heavy atom. The van der Waals surface area contributed by atoms with Crippen molar-refractivity contribution in [2.45, 2.75) is 52.0 Å². The monoisotopic (exact) mass is 371 g/mol. The summed E-state index contributed by atoms with van der Waals surface area (Å²) in [5.41, 5.74) is 1.02. The Kier molecular flexibility index (Phi) is 6.16. The maximum atomic E-state index is 12.7. The highest BCUT2D eigenvalue weighted by atomic mass is 16.5. The first kappa shape index (κ1) is 19.0. The highest BCUT2D eigenvalue weighted by Gasteiger charge is 2.35. The Hall–Kier alpha value is -2.77. The quantitative estimate of drug-likeness (QED) is 0.752. The fraction of sp³-hybridized carbons (Fsp3) is 0.526. The number of carbonyl (C=O) groups is 2. The summed E-state index contributed by atoms with van der Waals surface area (Å²) >= 11 is 0. The van der Waals surface area contributed by atoms with E-state index in [1.807, 2.05) is 0 Å². The van der Waals surface area contributed by atoms with Gasteiger partial charge in [0.2, 0.25) is 5.91 Å². The van der Waals surface area contributed by atoms with Gasteiger partial charge in [-0.1, -0.05) is 19.3 Å². The van der Waals surface area contributed by atoms with Gasteiger partial charge in [-0.2, -0.15) is 0 Å². The maximum Gasteiger partial charge on any atom is 0.338 e. The summed E-state index contributed by atoms with van der Waals surface area (Å²) in [5, 5.41) is 14.3. The molecular formula is C19H25N5O3. The number of tetrazole rings is 1. The summed E-state index contributed by atoms with van der Waals surface area (Å²) < 4.78 is 6.68. The molecule has 1 aromatic heterocycles. The van der Waals surface area contributed by atoms with Crippen LogP contribution in [0.3, 0.4) is 0 Å². The van der Waals surface area contributed by atoms with E-state index in [-0.39, 0.29) is 17.3 Å². The van der Waals surface area contributed by atoms with Crippen LogP contribution in [0.25, 0.3) is 0 Å². The smallest absolute Gasteiger partial charge is 0.338 e. The second-order valence-corrected chi connectivity index (χ2v) is 7.09. The molecule has 8 nitrogen and oxygen atoms in total. The van der Waals surface area contributed by atoms with Crippen LogP contribution in [-0.4, -0.2) is 38.7 Å². The van der Waals surface area contributed by atoms with Gasteiger partial charge >= 0.3 is 5.97 Å². The molecule has 1 saturated carbocycles. The van der Waals surface area contributed by atoms with E-state index in [9.17, 15) is 9.59 Å². The molecule has 0 unspecified atom stereocenters. The molecule has 1 fully saturated rings. The molecule has 1 aromatic carbocycles. The van der Waals surface area contributed by atoms with Gasteiger partial charge in [-0.15, -0.1) is 5.10 Å². The second kappa shape index (κ2) is 8.75. The van der Waals surface area contributed by atoms with Crippen molar-refractivity contribution in [2.24, 2.45) is 5.41 Å². The SMILES string of the molecule is CCOC(=O)c1ccc(NC(=O)CC2(Cn3cnnn3)CCCCC2)cc1. The summed E-state index contributed by atoms with van der Waals surface area (Å²) in [6, 6.07) is 6.76. The van der Waals surface area contributed by atoms with Crippen molar-refractivity contribution >= 4 is 17.6 Å². The van der Waals surface area contributed by atoms with Gasteiger partial charge in [0.15, 0.2) is 0 Å². The van der Waals surface area contributed by atoms with Gasteiger partial charge in [0.25, 0.3) is 0 Å². The highest BCUT2D eigenvalue weighted by Crippen LogP contribution is 2.40. The molecule has 0 atom stereocenters. The number of hydrogen-bond donors (Lipinski definition) is 1. The lowest BCUT2D eigenvalue weighted by atomic mass is 9.71. The van der Waals surface area contributed by atoms with Gasteiger partial charge in [-0.25, -0.2) is 9.48 Å². The number of benzene rings is 1. The molecule has 1 heterocycles. The Morgan fingerprint density at radius 2 is 1.93 bits per heavy atom. The number of amides is 1. The van der Waals surface area contributed by atoms with Crippen LogP contribution in [0.1, 0.15) is 55.8 Å². The molecule has 1 N–H and O–H groups in total. The third-order valence-corrected chi connectivity index (χ3v) is 5.02. The molecule has 3 rings (SSSR count). The van der Waals surface area contributed by atoms with Gasteiger partial charge in [-0.05, 0) is 59.9 Å². The molecule has 2 aromatic rings. The molecule has 144 valence electrons. The minimum absolute atomic E-state index is 0.0335. The number of carbonyl (C=O) groups excluding carboxylic acids is 2. The molecule has 0 radical (unpaired) electrons. The molecule has 0 saturated heterocycles. The predicted octanol–water partition coefficient (Wildman–Crippen LogP) is 2.83. The van der Waals surface area contributed by atoms with Crippen molar-refractivity contribution in [3.63, 3.8) is 0 Å². The lowest BCUT2D eigenvalue weighted by Crippen LogP contribution is -2.34. The zero-order valence-corrected chi connectivity index (χ0v) is 15.6. The summed E-state index contributed by atoms with van der Waals surface area (Å²) in [5.74, 6) is -0.396. The molecule has 27 heavy (non-hydrogen) atoms. The average Bonchev–Trinajstić information content (AvgIpc) is 3.15. The van der Waals surface area contributed by atoms with Crippen molar-refractivity contribution in [3.8, 4) is 0 Å². The lowest BCUT2D eigenvalue weighted by molar-refractivity contribution is -0.119. The number of nitrogens with zero attached hydrogens (tertiary/aromatic N) is 4. The molecule has 1 aliphatic rings. The number of esters is 1. The van der Waals surface area contributed by atoms with Crippen LogP contribution >= 0.6 is 0 Å². The van der Waals surface area contributed by atoms with Gasteiger partial charge in [-0.3, -0.25) is 4.79 Å². The Bertz CT molecular complexity index is 752. The van der Waals surface area contributed by atoms with Crippen LogP contribution in [0.4, 0.5) is 5.69 Å². The fourth-order valence-electron chi connectivity index (χ4n) is 3.74. The maximum absolute atomic E-state index is 12.7. The summed E-state index contributed by atoms with van der Waals surface area (Å²) in [6.45, 7) is 2.75. The molecule has 0 aliphatic heterocycles. The predicted molar refractivity (Wildman–Crippen MR) is 99.0 cm³/mol. The topological polar surface area (TPSA) is 99.0 Å². The third-order valence-electron chi connectivity index (χ3n) is 5.02.